The Bertz CT molecular complexity index is 1070. The molecule has 0 spiro atoms. The molecule has 1 aliphatic heterocycles. The molecule has 126 valence electrons. The van der Waals surface area contributed by atoms with Gasteiger partial charge in [-0.2, -0.15) is 5.26 Å². The third kappa shape index (κ3) is 2.24. The highest BCUT2D eigenvalue weighted by molar-refractivity contribution is 5.75. The van der Waals surface area contributed by atoms with E-state index < -0.39 is 17.7 Å². The fourth-order valence-electron chi connectivity index (χ4n) is 3.47. The van der Waals surface area contributed by atoms with Crippen molar-refractivity contribution in [2.45, 2.75) is 31.6 Å². The van der Waals surface area contributed by atoms with Crippen LogP contribution in [-0.4, -0.2) is 26.4 Å². The number of aromatic nitrogens is 2. The summed E-state index contributed by atoms with van der Waals surface area (Å²) in [7, 11) is 0. The maximum absolute atomic E-state index is 12.6. The normalized spacial score (nSPS) is 21.4. The van der Waals surface area contributed by atoms with Crippen molar-refractivity contribution in [1.82, 2.24) is 9.55 Å². The Labute approximate surface area is 143 Å². The van der Waals surface area contributed by atoms with Gasteiger partial charge in [-0.05, 0) is 44.2 Å². The molecule has 0 radical (unpaired) electrons. The molecule has 6 heteroatoms. The van der Waals surface area contributed by atoms with E-state index in [0.29, 0.717) is 27.9 Å². The Kier molecular flexibility index (Phi) is 3.24. The van der Waals surface area contributed by atoms with Crippen LogP contribution >= 0.6 is 0 Å². The van der Waals surface area contributed by atoms with E-state index >= 15 is 0 Å². The van der Waals surface area contributed by atoms with Gasteiger partial charge in [0.2, 0.25) is 0 Å². The molecular weight excluding hydrogens is 318 g/mol. The molecule has 2 heterocycles. The number of aliphatic hydroxyl groups is 1. The first kappa shape index (κ1) is 15.5. The maximum Gasteiger partial charge on any atom is 0.327 e. The van der Waals surface area contributed by atoms with Gasteiger partial charge in [-0.25, -0.2) is 4.79 Å². The Morgan fingerprint density at radius 3 is 2.80 bits per heavy atom. The number of nitriles is 1. The lowest BCUT2D eigenvalue weighted by atomic mass is 9.85. The predicted molar refractivity (Wildman–Crippen MR) is 92.6 cm³/mol. The number of aliphatic hydroxyl groups excluding tert-OH is 1. The maximum atomic E-state index is 12.6. The number of fused-ring (bicyclic) bond motifs is 2. The summed E-state index contributed by atoms with van der Waals surface area (Å²) >= 11 is 0. The van der Waals surface area contributed by atoms with Crippen molar-refractivity contribution in [3.05, 3.63) is 64.1 Å². The van der Waals surface area contributed by atoms with Crippen LogP contribution in [0.2, 0.25) is 0 Å². The molecule has 2 N–H and O–H groups in total. The van der Waals surface area contributed by atoms with E-state index in [0.717, 1.165) is 0 Å². The topological polar surface area (TPSA) is 91.0 Å². The number of hydrogen-bond acceptors (Lipinski definition) is 4. The van der Waals surface area contributed by atoms with Crippen LogP contribution in [0.3, 0.4) is 0 Å². The Hall–Kier alpha value is -3.04. The van der Waals surface area contributed by atoms with Crippen LogP contribution in [0.5, 0.6) is 5.75 Å². The zero-order valence-corrected chi connectivity index (χ0v) is 13.9. The molecule has 0 unspecified atom stereocenters. The SMILES string of the molecule is CC1(C)Oc2ccc(C#N)cc2[C@@H](n2c(=O)[nH]c3ccccc32)[C@@H]1O. The van der Waals surface area contributed by atoms with Crippen LogP contribution in [0.25, 0.3) is 11.0 Å². The lowest BCUT2D eigenvalue weighted by Gasteiger charge is -2.42. The van der Waals surface area contributed by atoms with Crippen LogP contribution < -0.4 is 10.4 Å². The Morgan fingerprint density at radius 1 is 1.28 bits per heavy atom. The second kappa shape index (κ2) is 5.23. The number of nitrogens with one attached hydrogen (secondary N) is 1. The van der Waals surface area contributed by atoms with E-state index in [4.69, 9.17) is 4.74 Å². The van der Waals surface area contributed by atoms with E-state index in [2.05, 4.69) is 11.1 Å². The first-order chi connectivity index (χ1) is 11.9. The number of rotatable bonds is 1. The minimum absolute atomic E-state index is 0.309. The van der Waals surface area contributed by atoms with Crippen molar-refractivity contribution >= 4 is 11.0 Å². The minimum atomic E-state index is -0.967. The van der Waals surface area contributed by atoms with Crippen LogP contribution in [-0.2, 0) is 0 Å². The monoisotopic (exact) mass is 335 g/mol. The number of benzene rings is 2. The molecule has 2 aromatic carbocycles. The highest BCUT2D eigenvalue weighted by Crippen LogP contribution is 2.42. The van der Waals surface area contributed by atoms with E-state index in [1.54, 1.807) is 36.6 Å². The molecular formula is C19H17N3O3. The molecule has 3 aromatic rings. The number of imidazole rings is 1. The van der Waals surface area contributed by atoms with Gasteiger partial charge >= 0.3 is 5.69 Å². The third-order valence-electron chi connectivity index (χ3n) is 4.74. The number of aromatic amines is 1. The zero-order chi connectivity index (χ0) is 17.8. The third-order valence-corrected chi connectivity index (χ3v) is 4.74. The second-order valence-corrected chi connectivity index (χ2v) is 6.78. The van der Waals surface area contributed by atoms with Crippen molar-refractivity contribution in [1.29, 1.82) is 5.26 Å². The van der Waals surface area contributed by atoms with Crippen LogP contribution in [0.1, 0.15) is 31.0 Å². The Morgan fingerprint density at radius 2 is 2.04 bits per heavy atom. The molecule has 4 rings (SSSR count). The molecule has 1 aliphatic rings. The van der Waals surface area contributed by atoms with Crippen molar-refractivity contribution < 1.29 is 9.84 Å². The fourth-order valence-corrected chi connectivity index (χ4v) is 3.47. The van der Waals surface area contributed by atoms with Gasteiger partial charge in [0.05, 0.1) is 28.7 Å². The lowest BCUT2D eigenvalue weighted by Crippen LogP contribution is -2.51. The first-order valence-corrected chi connectivity index (χ1v) is 8.03. The molecule has 2 atom stereocenters. The summed E-state index contributed by atoms with van der Waals surface area (Å²) in [6.45, 7) is 3.57. The summed E-state index contributed by atoms with van der Waals surface area (Å²) in [5.41, 5.74) is 1.27. The summed E-state index contributed by atoms with van der Waals surface area (Å²) in [5.74, 6) is 0.566. The van der Waals surface area contributed by atoms with Gasteiger partial charge in [0.15, 0.2) is 0 Å². The van der Waals surface area contributed by atoms with E-state index in [9.17, 15) is 15.2 Å². The summed E-state index contributed by atoms with van der Waals surface area (Å²) in [4.78, 5) is 15.5. The second-order valence-electron chi connectivity index (χ2n) is 6.78. The first-order valence-electron chi connectivity index (χ1n) is 8.03. The Balaban J connectivity index is 2.04. The summed E-state index contributed by atoms with van der Waals surface area (Å²) < 4.78 is 7.47. The average molecular weight is 335 g/mol. The standard InChI is InChI=1S/C19H17N3O3/c1-19(2)17(23)16(12-9-11(10-20)7-8-15(12)25-19)22-14-6-4-3-5-13(14)21-18(22)24/h3-9,16-17,23H,1-2H3,(H,21,24)/t16-,17+/m1/s1. The van der Waals surface area contributed by atoms with E-state index in [-0.39, 0.29) is 5.69 Å². The molecule has 0 saturated carbocycles. The van der Waals surface area contributed by atoms with Crippen LogP contribution in [0.4, 0.5) is 0 Å². The largest absolute Gasteiger partial charge is 0.485 e. The van der Waals surface area contributed by atoms with Crippen molar-refractivity contribution in [2.75, 3.05) is 0 Å². The molecule has 1 aromatic heterocycles. The van der Waals surface area contributed by atoms with Gasteiger partial charge in [-0.15, -0.1) is 0 Å². The molecule has 6 nitrogen and oxygen atoms in total. The molecule has 0 saturated heterocycles. The fraction of sp³-hybridized carbons (Fsp3) is 0.263. The molecule has 25 heavy (non-hydrogen) atoms. The molecule has 0 bridgehead atoms. The smallest absolute Gasteiger partial charge is 0.327 e. The van der Waals surface area contributed by atoms with Gasteiger partial charge < -0.3 is 14.8 Å². The summed E-state index contributed by atoms with van der Waals surface area (Å²) in [6.07, 6.45) is -0.967. The molecule has 0 aliphatic carbocycles. The molecule has 0 amide bonds. The number of nitrogens with zero attached hydrogens (tertiary/aromatic N) is 2. The van der Waals surface area contributed by atoms with Crippen molar-refractivity contribution in [3.8, 4) is 11.8 Å². The zero-order valence-electron chi connectivity index (χ0n) is 13.9. The van der Waals surface area contributed by atoms with Gasteiger partial charge in [-0.1, -0.05) is 12.1 Å². The van der Waals surface area contributed by atoms with Crippen LogP contribution in [0, 0.1) is 11.3 Å². The number of ether oxygens (including phenoxy) is 1. The van der Waals surface area contributed by atoms with E-state index in [1.807, 2.05) is 24.3 Å². The van der Waals surface area contributed by atoms with Crippen molar-refractivity contribution in [3.63, 3.8) is 0 Å². The van der Waals surface area contributed by atoms with Gasteiger partial charge in [0, 0.05) is 5.56 Å². The van der Waals surface area contributed by atoms with Gasteiger partial charge in [0.25, 0.3) is 0 Å². The summed E-state index contributed by atoms with van der Waals surface area (Å²) in [5, 5.41) is 20.2. The summed E-state index contributed by atoms with van der Waals surface area (Å²) in [6, 6.07) is 13.8. The molecule has 0 fully saturated rings. The van der Waals surface area contributed by atoms with E-state index in [1.165, 1.54) is 0 Å². The highest BCUT2D eigenvalue weighted by atomic mass is 16.5. The highest BCUT2D eigenvalue weighted by Gasteiger charge is 2.45. The van der Waals surface area contributed by atoms with Gasteiger partial charge in [-0.3, -0.25) is 4.57 Å². The average Bonchev–Trinajstić information content (AvgIpc) is 2.91. The quantitative estimate of drug-likeness (QED) is 0.714. The van der Waals surface area contributed by atoms with Crippen molar-refractivity contribution in [2.24, 2.45) is 0 Å². The number of para-hydroxylation sites is 2. The van der Waals surface area contributed by atoms with Gasteiger partial charge in [0.1, 0.15) is 17.5 Å². The number of hydrogen-bond donors (Lipinski definition) is 2. The minimum Gasteiger partial charge on any atom is -0.485 e. The van der Waals surface area contributed by atoms with Crippen LogP contribution in [0.15, 0.2) is 47.3 Å². The lowest BCUT2D eigenvalue weighted by molar-refractivity contribution is -0.0635. The number of H-pyrrole nitrogens is 1. The predicted octanol–water partition coefficient (Wildman–Crippen LogP) is 2.32.